The van der Waals surface area contributed by atoms with Crippen LogP contribution in [0.15, 0.2) is 84.0 Å². The average Bonchev–Trinajstić information content (AvgIpc) is 2.76. The van der Waals surface area contributed by atoms with Crippen molar-refractivity contribution in [1.29, 1.82) is 0 Å². The zero-order valence-corrected chi connectivity index (χ0v) is 16.2. The first-order valence-corrected chi connectivity index (χ1v) is 9.37. The Morgan fingerprint density at radius 3 is 2.33 bits per heavy atom. The van der Waals surface area contributed by atoms with Crippen molar-refractivity contribution in [2.24, 2.45) is 5.10 Å². The van der Waals surface area contributed by atoms with E-state index in [0.717, 1.165) is 16.7 Å². The fourth-order valence-electron chi connectivity index (χ4n) is 2.90. The summed E-state index contributed by atoms with van der Waals surface area (Å²) < 4.78 is 14.4. The molecule has 3 aromatic carbocycles. The standard InChI is InChI=1S/C24H19FN4O/c1-16-6-10-18(11-7-16)22-14-23(20-4-2-3-5-21(20)25)28-24(27-22)29-26-15-17-8-12-19(30)13-9-17/h2-15,30H,1H3,(H,27,28,29)/b26-15+. The van der Waals surface area contributed by atoms with E-state index in [1.165, 1.54) is 6.07 Å². The normalized spacial score (nSPS) is 11.0. The molecule has 0 bridgehead atoms. The fourth-order valence-corrected chi connectivity index (χ4v) is 2.90. The molecule has 0 spiro atoms. The number of phenolic OH excluding ortho intramolecular Hbond substituents is 1. The van der Waals surface area contributed by atoms with Crippen molar-refractivity contribution in [3.8, 4) is 28.3 Å². The van der Waals surface area contributed by atoms with Crippen molar-refractivity contribution in [2.45, 2.75) is 6.92 Å². The zero-order chi connectivity index (χ0) is 20.9. The summed E-state index contributed by atoms with van der Waals surface area (Å²) in [7, 11) is 0. The minimum atomic E-state index is -0.357. The third-order valence-corrected chi connectivity index (χ3v) is 4.49. The molecule has 2 N–H and O–H groups in total. The number of nitrogens with one attached hydrogen (secondary N) is 1. The second-order valence-corrected chi connectivity index (χ2v) is 6.77. The summed E-state index contributed by atoms with van der Waals surface area (Å²) >= 11 is 0. The minimum absolute atomic E-state index is 0.184. The van der Waals surface area contributed by atoms with Gasteiger partial charge in [-0.05, 0) is 55.0 Å². The third-order valence-electron chi connectivity index (χ3n) is 4.49. The van der Waals surface area contributed by atoms with Gasteiger partial charge in [-0.15, -0.1) is 0 Å². The number of rotatable bonds is 5. The van der Waals surface area contributed by atoms with Gasteiger partial charge in [-0.3, -0.25) is 0 Å². The maximum Gasteiger partial charge on any atom is 0.244 e. The highest BCUT2D eigenvalue weighted by Crippen LogP contribution is 2.27. The van der Waals surface area contributed by atoms with Gasteiger partial charge in [0, 0.05) is 11.1 Å². The van der Waals surface area contributed by atoms with Crippen molar-refractivity contribution >= 4 is 12.2 Å². The van der Waals surface area contributed by atoms with Gasteiger partial charge in [0.15, 0.2) is 0 Å². The van der Waals surface area contributed by atoms with E-state index >= 15 is 0 Å². The highest BCUT2D eigenvalue weighted by molar-refractivity contribution is 5.80. The quantitative estimate of drug-likeness (QED) is 0.348. The first-order chi connectivity index (χ1) is 14.6. The first-order valence-electron chi connectivity index (χ1n) is 9.37. The Bertz CT molecular complexity index is 1190. The number of aromatic hydroxyl groups is 1. The zero-order valence-electron chi connectivity index (χ0n) is 16.2. The van der Waals surface area contributed by atoms with Gasteiger partial charge in [-0.2, -0.15) is 5.10 Å². The van der Waals surface area contributed by atoms with Gasteiger partial charge < -0.3 is 5.11 Å². The van der Waals surface area contributed by atoms with E-state index in [1.807, 2.05) is 31.2 Å². The molecule has 0 unspecified atom stereocenters. The van der Waals surface area contributed by atoms with Crippen LogP contribution in [-0.2, 0) is 0 Å². The molecule has 4 aromatic rings. The lowest BCUT2D eigenvalue weighted by Gasteiger charge is -2.09. The van der Waals surface area contributed by atoms with Crippen LogP contribution in [0.2, 0.25) is 0 Å². The van der Waals surface area contributed by atoms with Gasteiger partial charge in [0.1, 0.15) is 11.6 Å². The number of benzene rings is 3. The Kier molecular flexibility index (Phi) is 5.48. The molecule has 0 radical (unpaired) electrons. The summed E-state index contributed by atoms with van der Waals surface area (Å²) in [5, 5.41) is 13.5. The Morgan fingerprint density at radius 1 is 0.900 bits per heavy atom. The topological polar surface area (TPSA) is 70.4 Å². The van der Waals surface area contributed by atoms with Crippen LogP contribution >= 0.6 is 0 Å². The van der Waals surface area contributed by atoms with E-state index < -0.39 is 0 Å². The summed E-state index contributed by atoms with van der Waals surface area (Å²) in [4.78, 5) is 8.97. The minimum Gasteiger partial charge on any atom is -0.508 e. The van der Waals surface area contributed by atoms with E-state index in [4.69, 9.17) is 0 Å². The average molecular weight is 398 g/mol. The van der Waals surface area contributed by atoms with Crippen LogP contribution < -0.4 is 5.43 Å². The molecule has 0 aliphatic heterocycles. The molecule has 5 nitrogen and oxygen atoms in total. The largest absolute Gasteiger partial charge is 0.508 e. The van der Waals surface area contributed by atoms with Gasteiger partial charge in [0.25, 0.3) is 0 Å². The van der Waals surface area contributed by atoms with Crippen molar-refractivity contribution in [3.63, 3.8) is 0 Å². The molecule has 0 saturated carbocycles. The second-order valence-electron chi connectivity index (χ2n) is 6.77. The summed E-state index contributed by atoms with van der Waals surface area (Å²) in [6.07, 6.45) is 1.59. The number of aryl methyl sites for hydroxylation is 1. The summed E-state index contributed by atoms with van der Waals surface area (Å²) in [5.41, 5.74) is 7.15. The number of anilines is 1. The van der Waals surface area contributed by atoms with Crippen molar-refractivity contribution in [2.75, 3.05) is 5.43 Å². The maximum atomic E-state index is 14.4. The van der Waals surface area contributed by atoms with Crippen molar-refractivity contribution in [1.82, 2.24) is 9.97 Å². The predicted octanol–water partition coefficient (Wildman–Crippen LogP) is 5.41. The maximum absolute atomic E-state index is 14.4. The first kappa shape index (κ1) is 19.3. The van der Waals surface area contributed by atoms with Gasteiger partial charge in [0.2, 0.25) is 5.95 Å². The number of hydrogen-bond donors (Lipinski definition) is 2. The second kappa shape index (κ2) is 8.53. The Labute approximate surface area is 173 Å². The fraction of sp³-hybridized carbons (Fsp3) is 0.0417. The van der Waals surface area contributed by atoms with Gasteiger partial charge in [-0.1, -0.05) is 42.0 Å². The van der Waals surface area contributed by atoms with Crippen LogP contribution in [0.4, 0.5) is 10.3 Å². The van der Waals surface area contributed by atoms with Crippen LogP contribution in [-0.4, -0.2) is 21.3 Å². The van der Waals surface area contributed by atoms with E-state index in [2.05, 4.69) is 20.5 Å². The van der Waals surface area contributed by atoms with Crippen LogP contribution in [0.25, 0.3) is 22.5 Å². The van der Waals surface area contributed by atoms with Gasteiger partial charge in [0.05, 0.1) is 17.6 Å². The van der Waals surface area contributed by atoms with Crippen molar-refractivity contribution < 1.29 is 9.50 Å². The molecule has 1 heterocycles. The summed E-state index contributed by atoms with van der Waals surface area (Å²) in [5.74, 6) is 0.0785. The van der Waals surface area contributed by atoms with Gasteiger partial charge in [-0.25, -0.2) is 19.8 Å². The molecule has 1 aromatic heterocycles. The molecular formula is C24H19FN4O. The number of phenols is 1. The molecular weight excluding hydrogens is 379 g/mol. The highest BCUT2D eigenvalue weighted by atomic mass is 19.1. The summed E-state index contributed by atoms with van der Waals surface area (Å²) in [6, 6.07) is 22.8. The summed E-state index contributed by atoms with van der Waals surface area (Å²) in [6.45, 7) is 2.01. The van der Waals surface area contributed by atoms with Crippen LogP contribution in [0.1, 0.15) is 11.1 Å². The number of hydrogen-bond acceptors (Lipinski definition) is 5. The number of halogens is 1. The molecule has 148 valence electrons. The lowest BCUT2D eigenvalue weighted by Crippen LogP contribution is -2.01. The molecule has 6 heteroatoms. The number of aromatic nitrogens is 2. The molecule has 4 rings (SSSR count). The number of hydrazone groups is 1. The van der Waals surface area contributed by atoms with E-state index in [-0.39, 0.29) is 17.5 Å². The number of nitrogens with zero attached hydrogens (tertiary/aromatic N) is 3. The SMILES string of the molecule is Cc1ccc(-c2cc(-c3ccccc3F)nc(N/N=C/c3ccc(O)cc3)n2)cc1. The third kappa shape index (κ3) is 4.50. The molecule has 0 aliphatic rings. The Balaban J connectivity index is 1.70. The van der Waals surface area contributed by atoms with E-state index in [1.54, 1.807) is 54.7 Å². The van der Waals surface area contributed by atoms with E-state index in [9.17, 15) is 9.50 Å². The highest BCUT2D eigenvalue weighted by Gasteiger charge is 2.11. The van der Waals surface area contributed by atoms with Crippen LogP contribution in [0.5, 0.6) is 5.75 Å². The van der Waals surface area contributed by atoms with Crippen LogP contribution in [0, 0.1) is 12.7 Å². The molecule has 0 saturated heterocycles. The van der Waals surface area contributed by atoms with Crippen molar-refractivity contribution in [3.05, 3.63) is 95.8 Å². The smallest absolute Gasteiger partial charge is 0.244 e. The predicted molar refractivity (Wildman–Crippen MR) is 117 cm³/mol. The molecule has 0 amide bonds. The molecule has 0 fully saturated rings. The van der Waals surface area contributed by atoms with Gasteiger partial charge >= 0.3 is 0 Å². The van der Waals surface area contributed by atoms with E-state index in [0.29, 0.717) is 17.0 Å². The monoisotopic (exact) mass is 398 g/mol. The lowest BCUT2D eigenvalue weighted by atomic mass is 10.1. The van der Waals surface area contributed by atoms with Crippen LogP contribution in [0.3, 0.4) is 0 Å². The Hall–Kier alpha value is -4.06. The molecule has 0 aliphatic carbocycles. The lowest BCUT2D eigenvalue weighted by molar-refractivity contribution is 0.475. The molecule has 30 heavy (non-hydrogen) atoms. The molecule has 0 atom stereocenters. The Morgan fingerprint density at radius 2 is 1.60 bits per heavy atom.